The van der Waals surface area contributed by atoms with E-state index in [4.69, 9.17) is 9.47 Å². The number of carbonyl (C=O) groups is 1. The van der Waals surface area contributed by atoms with Crippen LogP contribution in [0.15, 0.2) is 0 Å². The number of aromatic nitrogens is 1. The van der Waals surface area contributed by atoms with Gasteiger partial charge in [-0.1, -0.05) is 11.3 Å². The van der Waals surface area contributed by atoms with Gasteiger partial charge >= 0.3 is 0 Å². The molecule has 0 saturated heterocycles. The van der Waals surface area contributed by atoms with Crippen molar-refractivity contribution < 1.29 is 19.4 Å². The number of nitrogens with one attached hydrogen (secondary N) is 1. The van der Waals surface area contributed by atoms with Crippen LogP contribution >= 0.6 is 11.3 Å². The number of carbonyl (C=O) groups excluding carboxylic acids is 1. The van der Waals surface area contributed by atoms with E-state index >= 15 is 0 Å². The lowest BCUT2D eigenvalue weighted by molar-refractivity contribution is -0.136. The van der Waals surface area contributed by atoms with Crippen LogP contribution in [-0.4, -0.2) is 47.5 Å². The monoisotopic (exact) mass is 406 g/mol. The minimum Gasteiger partial charge on any atom is -0.465 e. The highest BCUT2D eigenvalue weighted by Gasteiger charge is 2.55. The van der Waals surface area contributed by atoms with Crippen molar-refractivity contribution in [1.82, 2.24) is 10.3 Å². The van der Waals surface area contributed by atoms with Gasteiger partial charge in [0.2, 0.25) is 0 Å². The molecular formula is C21H30N2O4S. The van der Waals surface area contributed by atoms with Crippen LogP contribution in [0.1, 0.15) is 73.2 Å². The van der Waals surface area contributed by atoms with E-state index in [-0.39, 0.29) is 18.1 Å². The fourth-order valence-corrected chi connectivity index (χ4v) is 7.03. The lowest BCUT2D eigenvalue weighted by Crippen LogP contribution is -2.61. The minimum atomic E-state index is -0.472. The summed E-state index contributed by atoms with van der Waals surface area (Å²) < 4.78 is 11.0. The Hall–Kier alpha value is -1.18. The quantitative estimate of drug-likeness (QED) is 0.727. The normalized spacial score (nSPS) is 37.1. The molecule has 6 nitrogen and oxygen atoms in total. The molecule has 1 heterocycles. The van der Waals surface area contributed by atoms with Gasteiger partial charge in [0.25, 0.3) is 11.1 Å². The lowest BCUT2D eigenvalue weighted by atomic mass is 9.52. The number of ether oxygens (including phenoxy) is 2. The topological polar surface area (TPSA) is 80.7 Å². The van der Waals surface area contributed by atoms with Gasteiger partial charge in [0.15, 0.2) is 0 Å². The molecule has 5 fully saturated rings. The van der Waals surface area contributed by atoms with Crippen molar-refractivity contribution in [2.75, 3.05) is 13.7 Å². The van der Waals surface area contributed by atoms with Gasteiger partial charge in [0.1, 0.15) is 11.0 Å². The number of methoxy groups -OCH3 is 1. The van der Waals surface area contributed by atoms with Gasteiger partial charge in [-0.3, -0.25) is 4.79 Å². The number of amides is 1. The molecule has 4 bridgehead atoms. The minimum absolute atomic E-state index is 0.00175. The standard InChI is InChI=1S/C21H30N2O4S/c1-11(10-26-2)27-20-23-17(13-3-4-13)18(28-20)19(24)22-16-14-5-12-6-15(16)9-21(25,7-12)8-14/h11-16,25H,3-10H2,1-2H3,(H,22,24)/t11-,12?,14?,15?,16?,21?/m0/s1. The Morgan fingerprint density at radius 1 is 1.32 bits per heavy atom. The third kappa shape index (κ3) is 3.46. The van der Waals surface area contributed by atoms with Gasteiger partial charge in [-0.15, -0.1) is 0 Å². The first-order valence-corrected chi connectivity index (χ1v) is 11.5. The predicted octanol–water partition coefficient (Wildman–Crippen LogP) is 3.10. The van der Waals surface area contributed by atoms with Crippen molar-refractivity contribution in [2.45, 2.75) is 75.5 Å². The summed E-state index contributed by atoms with van der Waals surface area (Å²) in [4.78, 5) is 18.6. The average Bonchev–Trinajstić information content (AvgIpc) is 3.37. The third-order valence-electron chi connectivity index (χ3n) is 7.05. The van der Waals surface area contributed by atoms with Crippen LogP contribution in [-0.2, 0) is 4.74 Å². The highest BCUT2D eigenvalue weighted by atomic mass is 32.1. The van der Waals surface area contributed by atoms with Crippen molar-refractivity contribution in [2.24, 2.45) is 17.8 Å². The number of aliphatic hydroxyl groups is 1. The third-order valence-corrected chi connectivity index (χ3v) is 8.01. The summed E-state index contributed by atoms with van der Waals surface area (Å²) in [5.74, 6) is 1.86. The zero-order valence-corrected chi connectivity index (χ0v) is 17.5. The number of rotatable bonds is 7. The molecule has 28 heavy (non-hydrogen) atoms. The van der Waals surface area contributed by atoms with Crippen LogP contribution in [0.25, 0.3) is 0 Å². The van der Waals surface area contributed by atoms with Crippen molar-refractivity contribution in [3.63, 3.8) is 0 Å². The second-order valence-electron chi connectivity index (χ2n) is 9.55. The van der Waals surface area contributed by atoms with Crippen molar-refractivity contribution in [1.29, 1.82) is 0 Å². The zero-order chi connectivity index (χ0) is 19.5. The van der Waals surface area contributed by atoms with Crippen LogP contribution in [0.5, 0.6) is 5.19 Å². The van der Waals surface area contributed by atoms with Gasteiger partial charge in [-0.25, -0.2) is 4.98 Å². The van der Waals surface area contributed by atoms with E-state index in [0.717, 1.165) is 55.5 Å². The number of hydrogen-bond donors (Lipinski definition) is 2. The van der Waals surface area contributed by atoms with Crippen LogP contribution in [0.4, 0.5) is 0 Å². The Labute approximate surface area is 170 Å². The summed E-state index contributed by atoms with van der Waals surface area (Å²) in [7, 11) is 1.65. The maximum Gasteiger partial charge on any atom is 0.274 e. The van der Waals surface area contributed by atoms with E-state index < -0.39 is 5.60 Å². The van der Waals surface area contributed by atoms with E-state index in [1.54, 1.807) is 7.11 Å². The maximum atomic E-state index is 13.2. The highest BCUT2D eigenvalue weighted by Crippen LogP contribution is 2.55. The number of hydrogen-bond acceptors (Lipinski definition) is 6. The van der Waals surface area contributed by atoms with Crippen molar-refractivity contribution in [3.05, 3.63) is 10.6 Å². The Bertz CT molecular complexity index is 746. The molecule has 5 saturated carbocycles. The molecular weight excluding hydrogens is 376 g/mol. The van der Waals surface area contributed by atoms with Crippen LogP contribution in [0.2, 0.25) is 0 Å². The molecule has 5 aliphatic rings. The zero-order valence-electron chi connectivity index (χ0n) is 16.6. The smallest absolute Gasteiger partial charge is 0.274 e. The van der Waals surface area contributed by atoms with Gasteiger partial charge in [0.05, 0.1) is 17.9 Å². The summed E-state index contributed by atoms with van der Waals surface area (Å²) in [6.45, 7) is 2.44. The van der Waals surface area contributed by atoms with Crippen LogP contribution in [0.3, 0.4) is 0 Å². The second kappa shape index (κ2) is 6.96. The first-order chi connectivity index (χ1) is 13.4. The summed E-state index contributed by atoms with van der Waals surface area (Å²) in [6.07, 6.45) is 7.03. The van der Waals surface area contributed by atoms with E-state index in [9.17, 15) is 9.90 Å². The van der Waals surface area contributed by atoms with E-state index in [0.29, 0.717) is 35.5 Å². The highest BCUT2D eigenvalue weighted by molar-refractivity contribution is 7.15. The van der Waals surface area contributed by atoms with Gasteiger partial charge < -0.3 is 19.9 Å². The maximum absolute atomic E-state index is 13.2. The van der Waals surface area contributed by atoms with Crippen molar-refractivity contribution >= 4 is 17.2 Å². The van der Waals surface area contributed by atoms with Gasteiger partial charge in [-0.05, 0) is 69.6 Å². The van der Waals surface area contributed by atoms with E-state index in [2.05, 4.69) is 10.3 Å². The molecule has 1 amide bonds. The van der Waals surface area contributed by atoms with Gasteiger partial charge in [-0.2, -0.15) is 0 Å². The predicted molar refractivity (Wildman–Crippen MR) is 106 cm³/mol. The first kappa shape index (κ1) is 18.8. The van der Waals surface area contributed by atoms with Gasteiger partial charge in [0, 0.05) is 19.1 Å². The molecule has 2 N–H and O–H groups in total. The number of nitrogens with zero attached hydrogens (tertiary/aromatic N) is 1. The fraction of sp³-hybridized carbons (Fsp3) is 0.810. The SMILES string of the molecule is COC[C@H](C)Oc1nc(C2CC2)c(C(=O)NC2C3CC4CC2CC(O)(C4)C3)s1. The molecule has 2 unspecified atom stereocenters. The molecule has 154 valence electrons. The summed E-state index contributed by atoms with van der Waals surface area (Å²) in [5, 5.41) is 14.7. The molecule has 0 spiro atoms. The lowest BCUT2D eigenvalue weighted by Gasteiger charge is -2.58. The Kier molecular flexibility index (Phi) is 4.68. The first-order valence-electron chi connectivity index (χ1n) is 10.6. The summed E-state index contributed by atoms with van der Waals surface area (Å²) in [6, 6.07) is 0.190. The molecule has 6 rings (SSSR count). The molecule has 0 aromatic carbocycles. The van der Waals surface area contributed by atoms with Crippen LogP contribution < -0.4 is 10.1 Å². The fourth-order valence-electron chi connectivity index (χ4n) is 6.03. The Morgan fingerprint density at radius 2 is 2.04 bits per heavy atom. The van der Waals surface area contributed by atoms with Crippen LogP contribution in [0, 0.1) is 17.8 Å². The second-order valence-corrected chi connectivity index (χ2v) is 10.5. The molecule has 1 aromatic heterocycles. The molecule has 0 radical (unpaired) electrons. The molecule has 0 aliphatic heterocycles. The molecule has 5 aliphatic carbocycles. The van der Waals surface area contributed by atoms with E-state index in [1.807, 2.05) is 6.92 Å². The van der Waals surface area contributed by atoms with E-state index in [1.165, 1.54) is 11.3 Å². The molecule has 3 atom stereocenters. The molecule has 1 aromatic rings. The average molecular weight is 407 g/mol. The summed E-state index contributed by atoms with van der Waals surface area (Å²) in [5.41, 5.74) is 0.435. The Balaban J connectivity index is 1.32. The Morgan fingerprint density at radius 3 is 2.64 bits per heavy atom. The summed E-state index contributed by atoms with van der Waals surface area (Å²) >= 11 is 1.37. The van der Waals surface area contributed by atoms with Crippen molar-refractivity contribution in [3.8, 4) is 5.19 Å². The number of thiazole rings is 1. The molecule has 7 heteroatoms. The largest absolute Gasteiger partial charge is 0.465 e.